The molecule has 2 saturated carbocycles. The number of hydrogen-bond donors (Lipinski definition) is 4. The van der Waals surface area contributed by atoms with E-state index in [1.165, 1.54) is 23.0 Å². The van der Waals surface area contributed by atoms with Crippen molar-refractivity contribution < 1.29 is 37.1 Å². The quantitative estimate of drug-likeness (QED) is 0.277. The van der Waals surface area contributed by atoms with Crippen LogP contribution in [-0.4, -0.2) is 57.5 Å². The average Bonchev–Trinajstić information content (AvgIpc) is 3.83. The SMILES string of the molecule is CCn1nccc1C(=O)NC(C(=O)Nc1ccc(CC(=O)NC(CCO)C(F)(F)F)cc1F)C(C1CC1)C1CC1. The molecule has 0 radical (unpaired) electrons. The molecule has 0 spiro atoms. The first-order valence-corrected chi connectivity index (χ1v) is 13.4. The van der Waals surface area contributed by atoms with Gasteiger partial charge in [-0.1, -0.05) is 6.07 Å². The molecule has 2 fully saturated rings. The summed E-state index contributed by atoms with van der Waals surface area (Å²) in [4.78, 5) is 38.7. The Morgan fingerprint density at radius 1 is 1.10 bits per heavy atom. The van der Waals surface area contributed by atoms with E-state index < -0.39 is 61.2 Å². The number of nitrogens with one attached hydrogen (secondary N) is 3. The molecule has 1 heterocycles. The third-order valence-electron chi connectivity index (χ3n) is 7.34. The van der Waals surface area contributed by atoms with Crippen molar-refractivity contribution in [1.82, 2.24) is 20.4 Å². The number of aliphatic hydroxyl groups excluding tert-OH is 1. The lowest BCUT2D eigenvalue weighted by Crippen LogP contribution is -2.50. The Labute approximate surface area is 228 Å². The number of benzene rings is 1. The van der Waals surface area contributed by atoms with Crippen LogP contribution in [0.3, 0.4) is 0 Å². The summed E-state index contributed by atoms with van der Waals surface area (Å²) in [7, 11) is 0. The lowest BCUT2D eigenvalue weighted by atomic mass is 9.88. The highest BCUT2D eigenvalue weighted by Gasteiger charge is 2.48. The van der Waals surface area contributed by atoms with E-state index in [0.717, 1.165) is 31.7 Å². The third-order valence-corrected chi connectivity index (χ3v) is 7.34. The number of carbonyl (C=O) groups excluding carboxylic acids is 3. The second-order valence-electron chi connectivity index (χ2n) is 10.4. The molecule has 0 saturated heterocycles. The predicted octanol–water partition coefficient (Wildman–Crippen LogP) is 3.19. The normalized spacial score (nSPS) is 16.9. The highest BCUT2D eigenvalue weighted by atomic mass is 19.4. The third kappa shape index (κ3) is 7.38. The summed E-state index contributed by atoms with van der Waals surface area (Å²) in [5.41, 5.74) is 0.237. The number of aromatic nitrogens is 2. The molecule has 0 aliphatic heterocycles. The van der Waals surface area contributed by atoms with Gasteiger partial charge in [0.05, 0.1) is 12.1 Å². The number of anilines is 1. The van der Waals surface area contributed by atoms with Crippen LogP contribution in [0.1, 0.15) is 55.1 Å². The Bertz CT molecular complexity index is 1210. The fourth-order valence-electron chi connectivity index (χ4n) is 5.08. The summed E-state index contributed by atoms with van der Waals surface area (Å²) in [5.74, 6) is -2.39. The Balaban J connectivity index is 1.45. The molecule has 4 N–H and O–H groups in total. The second kappa shape index (κ2) is 12.4. The zero-order chi connectivity index (χ0) is 29.0. The van der Waals surface area contributed by atoms with Crippen molar-refractivity contribution in [3.63, 3.8) is 0 Å². The molecule has 2 atom stereocenters. The summed E-state index contributed by atoms with van der Waals surface area (Å²) < 4.78 is 55.5. The molecule has 2 aliphatic carbocycles. The van der Waals surface area contributed by atoms with Crippen molar-refractivity contribution in [3.8, 4) is 0 Å². The molecule has 13 heteroatoms. The minimum atomic E-state index is -4.74. The molecule has 1 aromatic heterocycles. The smallest absolute Gasteiger partial charge is 0.396 e. The van der Waals surface area contributed by atoms with Gasteiger partial charge in [-0.2, -0.15) is 18.3 Å². The van der Waals surface area contributed by atoms with Gasteiger partial charge < -0.3 is 21.1 Å². The second-order valence-corrected chi connectivity index (χ2v) is 10.4. The van der Waals surface area contributed by atoms with E-state index in [2.05, 4.69) is 15.7 Å². The van der Waals surface area contributed by atoms with E-state index >= 15 is 0 Å². The van der Waals surface area contributed by atoms with Crippen LogP contribution in [0.2, 0.25) is 0 Å². The van der Waals surface area contributed by atoms with Gasteiger partial charge in [-0.05, 0) is 80.5 Å². The molecule has 2 unspecified atom stereocenters. The number of nitrogens with zero attached hydrogens (tertiary/aromatic N) is 2. The van der Waals surface area contributed by atoms with Gasteiger partial charge in [0.15, 0.2) is 0 Å². The number of alkyl halides is 3. The summed E-state index contributed by atoms with van der Waals surface area (Å²) in [6.07, 6.45) is -0.663. The maximum Gasteiger partial charge on any atom is 0.408 e. The molecule has 2 aromatic rings. The van der Waals surface area contributed by atoms with Gasteiger partial charge >= 0.3 is 6.18 Å². The first-order valence-electron chi connectivity index (χ1n) is 13.4. The Hall–Kier alpha value is -3.48. The molecule has 1 aromatic carbocycles. The van der Waals surface area contributed by atoms with Crippen LogP contribution >= 0.6 is 0 Å². The number of halogens is 4. The fourth-order valence-corrected chi connectivity index (χ4v) is 5.08. The monoisotopic (exact) mass is 567 g/mol. The van der Waals surface area contributed by atoms with Crippen molar-refractivity contribution in [2.24, 2.45) is 17.8 Å². The van der Waals surface area contributed by atoms with Crippen LogP contribution in [0, 0.1) is 23.6 Å². The highest BCUT2D eigenvalue weighted by molar-refractivity contribution is 6.01. The van der Waals surface area contributed by atoms with E-state index in [9.17, 15) is 31.9 Å². The minimum absolute atomic E-state index is 0.0894. The van der Waals surface area contributed by atoms with Crippen molar-refractivity contribution in [2.75, 3.05) is 11.9 Å². The fraction of sp³-hybridized carbons (Fsp3) is 0.556. The standard InChI is InChI=1S/C27H33F4N5O4/c1-2-36-20(9-11-32-36)25(39)35-24(23(16-4-5-16)17-6-7-17)26(40)33-19-8-3-15(13-18(19)28)14-22(38)34-21(10-12-37)27(29,30)31/h3,8-9,11,13,16-17,21,23-24,37H,2,4-7,10,12,14H2,1H3,(H,33,40)(H,34,38)(H,35,39). The summed E-state index contributed by atoms with van der Waals surface area (Å²) in [6, 6.07) is 1.98. The maximum absolute atomic E-state index is 15.0. The van der Waals surface area contributed by atoms with Crippen molar-refractivity contribution >= 4 is 23.4 Å². The topological polar surface area (TPSA) is 125 Å². The first-order chi connectivity index (χ1) is 19.0. The molecular weight excluding hydrogens is 534 g/mol. The van der Waals surface area contributed by atoms with Crippen LogP contribution < -0.4 is 16.0 Å². The van der Waals surface area contributed by atoms with Crippen LogP contribution in [0.25, 0.3) is 0 Å². The van der Waals surface area contributed by atoms with Gasteiger partial charge in [0, 0.05) is 19.3 Å². The van der Waals surface area contributed by atoms with E-state index in [1.807, 2.05) is 12.2 Å². The lowest BCUT2D eigenvalue weighted by Gasteiger charge is -2.27. The Morgan fingerprint density at radius 3 is 2.33 bits per heavy atom. The zero-order valence-corrected chi connectivity index (χ0v) is 22.0. The Kier molecular flexibility index (Phi) is 9.12. The van der Waals surface area contributed by atoms with E-state index in [-0.39, 0.29) is 29.0 Å². The number of amides is 3. The van der Waals surface area contributed by atoms with Crippen LogP contribution in [-0.2, 0) is 22.6 Å². The number of hydrogen-bond acceptors (Lipinski definition) is 5. The molecule has 3 amide bonds. The number of aryl methyl sites for hydroxylation is 1. The van der Waals surface area contributed by atoms with Crippen molar-refractivity contribution in [3.05, 3.63) is 47.5 Å². The van der Waals surface area contributed by atoms with Gasteiger partial charge in [-0.3, -0.25) is 19.1 Å². The van der Waals surface area contributed by atoms with Crippen LogP contribution in [0.15, 0.2) is 30.5 Å². The molecule has 218 valence electrons. The molecule has 40 heavy (non-hydrogen) atoms. The van der Waals surface area contributed by atoms with Gasteiger partial charge in [0.1, 0.15) is 23.6 Å². The van der Waals surface area contributed by atoms with Gasteiger partial charge in [0.25, 0.3) is 5.91 Å². The van der Waals surface area contributed by atoms with Gasteiger partial charge in [-0.15, -0.1) is 0 Å². The zero-order valence-electron chi connectivity index (χ0n) is 22.0. The minimum Gasteiger partial charge on any atom is -0.396 e. The largest absolute Gasteiger partial charge is 0.408 e. The van der Waals surface area contributed by atoms with Crippen LogP contribution in [0.4, 0.5) is 23.2 Å². The van der Waals surface area contributed by atoms with Gasteiger partial charge in [-0.25, -0.2) is 4.39 Å². The number of aliphatic hydroxyl groups is 1. The van der Waals surface area contributed by atoms with Crippen LogP contribution in [0.5, 0.6) is 0 Å². The molecule has 0 bridgehead atoms. The van der Waals surface area contributed by atoms with Gasteiger partial charge in [0.2, 0.25) is 11.8 Å². The lowest BCUT2D eigenvalue weighted by molar-refractivity contribution is -0.164. The highest BCUT2D eigenvalue weighted by Crippen LogP contribution is 2.51. The summed E-state index contributed by atoms with van der Waals surface area (Å²) in [6.45, 7) is 1.54. The van der Waals surface area contributed by atoms with E-state index in [1.54, 1.807) is 6.07 Å². The molecule has 9 nitrogen and oxygen atoms in total. The van der Waals surface area contributed by atoms with E-state index in [0.29, 0.717) is 12.2 Å². The van der Waals surface area contributed by atoms with E-state index in [4.69, 9.17) is 5.11 Å². The Morgan fingerprint density at radius 2 is 1.77 bits per heavy atom. The maximum atomic E-state index is 15.0. The van der Waals surface area contributed by atoms with Crippen molar-refractivity contribution in [1.29, 1.82) is 0 Å². The molecule has 2 aliphatic rings. The first kappa shape index (κ1) is 29.5. The number of rotatable bonds is 13. The summed E-state index contributed by atoms with van der Waals surface area (Å²) in [5, 5.41) is 20.2. The molecule has 4 rings (SSSR count). The average molecular weight is 568 g/mol. The van der Waals surface area contributed by atoms with Crippen molar-refractivity contribution in [2.45, 2.75) is 70.3 Å². The molecular formula is C27H33F4N5O4. The summed E-state index contributed by atoms with van der Waals surface area (Å²) >= 11 is 0. The predicted molar refractivity (Wildman–Crippen MR) is 137 cm³/mol. The number of carbonyl (C=O) groups is 3.